The Hall–Kier alpha value is -1.53. The van der Waals surface area contributed by atoms with Crippen LogP contribution < -0.4 is 5.73 Å². The summed E-state index contributed by atoms with van der Waals surface area (Å²) < 4.78 is 25.9. The summed E-state index contributed by atoms with van der Waals surface area (Å²) in [7, 11) is 0. The van der Waals surface area contributed by atoms with Gasteiger partial charge in [0, 0.05) is 37.5 Å². The number of likely N-dealkylation sites (tertiary alicyclic amines) is 1. The van der Waals surface area contributed by atoms with Crippen molar-refractivity contribution >= 4 is 24.1 Å². The van der Waals surface area contributed by atoms with Crippen molar-refractivity contribution in [3.63, 3.8) is 0 Å². The van der Waals surface area contributed by atoms with Crippen molar-refractivity contribution in [1.29, 1.82) is 0 Å². The maximum atomic E-state index is 13.1. The number of carbonyl (C=O) groups is 2. The predicted molar refractivity (Wildman–Crippen MR) is 81.0 cm³/mol. The first-order valence-electron chi connectivity index (χ1n) is 6.99. The summed E-state index contributed by atoms with van der Waals surface area (Å²) >= 11 is 0. The van der Waals surface area contributed by atoms with Gasteiger partial charge in [-0.15, -0.1) is 12.4 Å². The number of amides is 1. The van der Waals surface area contributed by atoms with Crippen molar-refractivity contribution in [3.8, 4) is 0 Å². The average Bonchev–Trinajstić information content (AvgIpc) is 2.47. The molecule has 1 aliphatic rings. The molecule has 4 nitrogen and oxygen atoms in total. The Morgan fingerprint density at radius 1 is 1.23 bits per heavy atom. The van der Waals surface area contributed by atoms with Crippen LogP contribution in [0, 0.1) is 11.6 Å². The van der Waals surface area contributed by atoms with Gasteiger partial charge in [0.15, 0.2) is 17.4 Å². The highest BCUT2D eigenvalue weighted by Crippen LogP contribution is 2.14. The molecule has 1 fully saturated rings. The number of carbonyl (C=O) groups excluding carboxylic acids is 2. The quantitative estimate of drug-likeness (QED) is 0.860. The van der Waals surface area contributed by atoms with Gasteiger partial charge in [-0.2, -0.15) is 0 Å². The standard InChI is InChI=1S/C15H18F2N2O2.ClH/c16-12-4-3-10(8-13(12)17)14(20)5-6-15(21)19-7-1-2-11(18)9-19;/h3-4,8,11H,1-2,5-7,9,18H2;1H. The molecule has 1 saturated heterocycles. The van der Waals surface area contributed by atoms with E-state index < -0.39 is 11.6 Å². The Kier molecular flexibility index (Phi) is 6.90. The van der Waals surface area contributed by atoms with Crippen LogP contribution in [-0.4, -0.2) is 35.7 Å². The monoisotopic (exact) mass is 332 g/mol. The summed E-state index contributed by atoms with van der Waals surface area (Å²) in [4.78, 5) is 25.5. The topological polar surface area (TPSA) is 63.4 Å². The summed E-state index contributed by atoms with van der Waals surface area (Å²) in [6.07, 6.45) is 1.81. The van der Waals surface area contributed by atoms with Crippen LogP contribution in [0.25, 0.3) is 0 Å². The maximum Gasteiger partial charge on any atom is 0.223 e. The molecule has 1 heterocycles. The second-order valence-electron chi connectivity index (χ2n) is 5.29. The number of hydrogen-bond donors (Lipinski definition) is 1. The molecule has 2 rings (SSSR count). The number of piperidine rings is 1. The zero-order valence-corrected chi connectivity index (χ0v) is 12.9. The molecular weight excluding hydrogens is 314 g/mol. The Bertz CT molecular complexity index is 554. The number of halogens is 3. The Morgan fingerprint density at radius 2 is 1.95 bits per heavy atom. The van der Waals surface area contributed by atoms with Crippen LogP contribution in [-0.2, 0) is 4.79 Å². The molecule has 1 aromatic rings. The fraction of sp³-hybridized carbons (Fsp3) is 0.467. The average molecular weight is 333 g/mol. The molecule has 0 aromatic heterocycles. The van der Waals surface area contributed by atoms with Crippen LogP contribution in [0.15, 0.2) is 18.2 Å². The van der Waals surface area contributed by atoms with Gasteiger partial charge in [0.25, 0.3) is 0 Å². The fourth-order valence-corrected chi connectivity index (χ4v) is 2.43. The van der Waals surface area contributed by atoms with E-state index in [1.807, 2.05) is 0 Å². The van der Waals surface area contributed by atoms with Gasteiger partial charge in [-0.3, -0.25) is 9.59 Å². The first-order valence-corrected chi connectivity index (χ1v) is 6.99. The molecule has 1 aromatic carbocycles. The highest BCUT2D eigenvalue weighted by Gasteiger charge is 2.21. The summed E-state index contributed by atoms with van der Waals surface area (Å²) in [5.41, 5.74) is 5.88. The van der Waals surface area contributed by atoms with Gasteiger partial charge in [-0.25, -0.2) is 8.78 Å². The van der Waals surface area contributed by atoms with E-state index >= 15 is 0 Å². The van der Waals surface area contributed by atoms with Gasteiger partial charge in [0.05, 0.1) is 0 Å². The Morgan fingerprint density at radius 3 is 2.59 bits per heavy atom. The van der Waals surface area contributed by atoms with Crippen LogP contribution in [0.2, 0.25) is 0 Å². The molecule has 22 heavy (non-hydrogen) atoms. The van der Waals surface area contributed by atoms with Crippen molar-refractivity contribution in [3.05, 3.63) is 35.4 Å². The van der Waals surface area contributed by atoms with Crippen molar-refractivity contribution in [2.45, 2.75) is 31.7 Å². The summed E-state index contributed by atoms with van der Waals surface area (Å²) in [6.45, 7) is 1.17. The number of rotatable bonds is 4. The zero-order chi connectivity index (χ0) is 15.4. The van der Waals surface area contributed by atoms with Gasteiger partial charge in [-0.05, 0) is 31.0 Å². The molecule has 122 valence electrons. The first kappa shape index (κ1) is 18.5. The predicted octanol–water partition coefficient (Wildman–Crippen LogP) is 2.30. The van der Waals surface area contributed by atoms with E-state index in [0.29, 0.717) is 13.1 Å². The number of benzene rings is 1. The van der Waals surface area contributed by atoms with Crippen molar-refractivity contribution in [2.24, 2.45) is 5.73 Å². The fourth-order valence-electron chi connectivity index (χ4n) is 2.43. The maximum absolute atomic E-state index is 13.1. The van der Waals surface area contributed by atoms with Gasteiger partial charge in [0.1, 0.15) is 0 Å². The third kappa shape index (κ3) is 4.74. The summed E-state index contributed by atoms with van der Waals surface area (Å²) in [5, 5.41) is 0. The minimum absolute atomic E-state index is 0. The molecule has 1 unspecified atom stereocenters. The number of ketones is 1. The normalized spacial score (nSPS) is 17.8. The molecule has 1 aliphatic heterocycles. The minimum Gasteiger partial charge on any atom is -0.341 e. The van der Waals surface area contributed by atoms with Gasteiger partial charge >= 0.3 is 0 Å². The van der Waals surface area contributed by atoms with Crippen LogP contribution in [0.3, 0.4) is 0 Å². The highest BCUT2D eigenvalue weighted by atomic mass is 35.5. The molecule has 7 heteroatoms. The van der Waals surface area contributed by atoms with E-state index in [0.717, 1.165) is 25.0 Å². The van der Waals surface area contributed by atoms with Crippen molar-refractivity contribution in [2.75, 3.05) is 13.1 Å². The molecule has 2 N–H and O–H groups in total. The van der Waals surface area contributed by atoms with Crippen LogP contribution in [0.1, 0.15) is 36.0 Å². The van der Waals surface area contributed by atoms with Crippen LogP contribution >= 0.6 is 12.4 Å². The molecule has 1 atom stereocenters. The van der Waals surface area contributed by atoms with E-state index in [2.05, 4.69) is 0 Å². The largest absolute Gasteiger partial charge is 0.341 e. The molecular formula is C15H19ClF2N2O2. The molecule has 0 spiro atoms. The minimum atomic E-state index is -1.06. The second-order valence-corrected chi connectivity index (χ2v) is 5.29. The SMILES string of the molecule is Cl.NC1CCCN(C(=O)CCC(=O)c2ccc(F)c(F)c2)C1. The zero-order valence-electron chi connectivity index (χ0n) is 12.1. The highest BCUT2D eigenvalue weighted by molar-refractivity contribution is 5.97. The van der Waals surface area contributed by atoms with E-state index in [1.165, 1.54) is 6.07 Å². The summed E-state index contributed by atoms with van der Waals surface area (Å²) in [5.74, 6) is -2.55. The lowest BCUT2D eigenvalue weighted by molar-refractivity contribution is -0.132. The lowest BCUT2D eigenvalue weighted by Gasteiger charge is -2.30. The molecule has 0 radical (unpaired) electrons. The van der Waals surface area contributed by atoms with Gasteiger partial charge < -0.3 is 10.6 Å². The smallest absolute Gasteiger partial charge is 0.223 e. The first-order chi connectivity index (χ1) is 9.97. The van der Waals surface area contributed by atoms with Crippen molar-refractivity contribution in [1.82, 2.24) is 4.90 Å². The molecule has 0 saturated carbocycles. The lowest BCUT2D eigenvalue weighted by Crippen LogP contribution is -2.45. The molecule has 1 amide bonds. The van der Waals surface area contributed by atoms with Crippen LogP contribution in [0.5, 0.6) is 0 Å². The second kappa shape index (κ2) is 8.19. The van der Waals surface area contributed by atoms with Crippen LogP contribution in [0.4, 0.5) is 8.78 Å². The third-order valence-electron chi connectivity index (χ3n) is 3.62. The number of hydrogen-bond acceptors (Lipinski definition) is 3. The number of nitrogens with two attached hydrogens (primary N) is 1. The summed E-state index contributed by atoms with van der Waals surface area (Å²) in [6, 6.07) is 2.99. The Labute approximate surface area is 134 Å². The molecule has 0 bridgehead atoms. The van der Waals surface area contributed by atoms with E-state index in [9.17, 15) is 18.4 Å². The lowest BCUT2D eigenvalue weighted by atomic mass is 10.0. The Balaban J connectivity index is 0.00000242. The third-order valence-corrected chi connectivity index (χ3v) is 3.62. The van der Waals surface area contributed by atoms with E-state index in [4.69, 9.17) is 5.73 Å². The van der Waals surface area contributed by atoms with Crippen molar-refractivity contribution < 1.29 is 18.4 Å². The van der Waals surface area contributed by atoms with Gasteiger partial charge in [0.2, 0.25) is 5.91 Å². The van der Waals surface area contributed by atoms with E-state index in [1.54, 1.807) is 4.90 Å². The van der Waals surface area contributed by atoms with Gasteiger partial charge in [-0.1, -0.05) is 0 Å². The molecule has 0 aliphatic carbocycles. The van der Waals surface area contributed by atoms with E-state index in [-0.39, 0.29) is 48.5 Å². The number of Topliss-reactive ketones (excluding diaryl/α,β-unsaturated/α-hetero) is 1. The number of nitrogens with zero attached hydrogens (tertiary/aromatic N) is 1.